The van der Waals surface area contributed by atoms with Gasteiger partial charge in [0.15, 0.2) is 5.76 Å². The molecule has 1 heterocycles. The van der Waals surface area contributed by atoms with Gasteiger partial charge in [-0.15, -0.1) is 0 Å². The maximum absolute atomic E-state index is 12.5. The fraction of sp³-hybridized carbons (Fsp3) is 0.353. The van der Waals surface area contributed by atoms with Crippen LogP contribution in [0.15, 0.2) is 28.8 Å². The molecule has 1 unspecified atom stereocenters. The molecule has 2 aromatic rings. The minimum atomic E-state index is -0.195. The van der Waals surface area contributed by atoms with Gasteiger partial charge in [0.2, 0.25) is 0 Å². The van der Waals surface area contributed by atoms with Crippen LogP contribution in [0.25, 0.3) is 0 Å². The first kappa shape index (κ1) is 15.8. The van der Waals surface area contributed by atoms with E-state index in [0.29, 0.717) is 22.6 Å². The number of hydrogen-bond donors (Lipinski definition) is 1. The molecule has 0 aliphatic carbocycles. The van der Waals surface area contributed by atoms with Crippen LogP contribution >= 0.6 is 0 Å². The lowest BCUT2D eigenvalue weighted by molar-refractivity contribution is 0.0937. The summed E-state index contributed by atoms with van der Waals surface area (Å²) in [6.45, 7) is 7.58. The average Bonchev–Trinajstić information content (AvgIpc) is 2.89. The molecule has 1 N–H and O–H groups in total. The van der Waals surface area contributed by atoms with Gasteiger partial charge in [0.1, 0.15) is 5.56 Å². The number of aromatic nitrogens is 1. The van der Waals surface area contributed by atoms with E-state index in [9.17, 15) is 4.79 Å². The molecule has 0 saturated carbocycles. The van der Waals surface area contributed by atoms with Crippen molar-refractivity contribution in [2.24, 2.45) is 0 Å². The highest BCUT2D eigenvalue weighted by Crippen LogP contribution is 2.23. The Morgan fingerprint density at radius 3 is 2.45 bits per heavy atom. The van der Waals surface area contributed by atoms with Crippen molar-refractivity contribution >= 4 is 5.91 Å². The second kappa shape index (κ2) is 6.44. The summed E-state index contributed by atoms with van der Waals surface area (Å²) in [7, 11) is 0. The molecule has 0 bridgehead atoms. The molecule has 0 spiro atoms. The largest absolute Gasteiger partial charge is 0.360 e. The number of carbonyl (C=O) groups is 1. The molecule has 1 amide bonds. The van der Waals surface area contributed by atoms with E-state index in [1.165, 1.54) is 0 Å². The zero-order valence-corrected chi connectivity index (χ0v) is 13.2. The van der Waals surface area contributed by atoms with Gasteiger partial charge in [-0.25, -0.2) is 0 Å². The maximum atomic E-state index is 12.5. The maximum Gasteiger partial charge on any atom is 0.257 e. The highest BCUT2D eigenvalue weighted by atomic mass is 16.5. The highest BCUT2D eigenvalue weighted by Gasteiger charge is 2.23. The predicted octanol–water partition coefficient (Wildman–Crippen LogP) is 3.47. The van der Waals surface area contributed by atoms with E-state index < -0.39 is 0 Å². The topological polar surface area (TPSA) is 78.9 Å². The molecule has 0 aliphatic rings. The Kier molecular flexibility index (Phi) is 4.62. The van der Waals surface area contributed by atoms with Crippen LogP contribution in [0.4, 0.5) is 0 Å². The summed E-state index contributed by atoms with van der Waals surface area (Å²) >= 11 is 0. The van der Waals surface area contributed by atoms with E-state index in [4.69, 9.17) is 9.78 Å². The quantitative estimate of drug-likeness (QED) is 0.937. The van der Waals surface area contributed by atoms with Gasteiger partial charge in [-0.1, -0.05) is 31.1 Å². The number of amides is 1. The van der Waals surface area contributed by atoms with Crippen molar-refractivity contribution in [2.45, 2.75) is 39.7 Å². The minimum Gasteiger partial charge on any atom is -0.360 e. The van der Waals surface area contributed by atoms with Crippen LogP contribution in [0.1, 0.15) is 65.7 Å². The van der Waals surface area contributed by atoms with Crippen molar-refractivity contribution < 1.29 is 9.32 Å². The Labute approximate surface area is 129 Å². The molecule has 0 fully saturated rings. The molecule has 1 aromatic heterocycles. The third-order valence-corrected chi connectivity index (χ3v) is 3.53. The van der Waals surface area contributed by atoms with Crippen LogP contribution in [0.5, 0.6) is 0 Å². The molecule has 1 aromatic carbocycles. The summed E-state index contributed by atoms with van der Waals surface area (Å²) in [5.41, 5.74) is 2.63. The van der Waals surface area contributed by atoms with Gasteiger partial charge in [0, 0.05) is 5.92 Å². The molecule has 0 radical (unpaired) electrons. The molecular weight excluding hydrogens is 278 g/mol. The van der Waals surface area contributed by atoms with Crippen molar-refractivity contribution in [3.05, 3.63) is 52.4 Å². The smallest absolute Gasteiger partial charge is 0.257 e. The van der Waals surface area contributed by atoms with Crippen molar-refractivity contribution in [3.8, 4) is 6.07 Å². The van der Waals surface area contributed by atoms with Gasteiger partial charge in [-0.05, 0) is 31.5 Å². The van der Waals surface area contributed by atoms with Crippen LogP contribution in [0.3, 0.4) is 0 Å². The zero-order chi connectivity index (χ0) is 16.3. The summed E-state index contributed by atoms with van der Waals surface area (Å²) in [5.74, 6) is 0.494. The van der Waals surface area contributed by atoms with Gasteiger partial charge in [0.05, 0.1) is 23.4 Å². The first-order chi connectivity index (χ1) is 10.4. The monoisotopic (exact) mass is 297 g/mol. The van der Waals surface area contributed by atoms with Gasteiger partial charge in [0.25, 0.3) is 5.91 Å². The SMILES string of the molecule is Cc1noc(C(C)C)c1C(=O)NC(C)c1ccc(C#N)cc1. The number of carbonyl (C=O) groups excluding carboxylic acids is 1. The van der Waals surface area contributed by atoms with E-state index in [2.05, 4.69) is 16.5 Å². The molecular formula is C17H19N3O2. The molecule has 0 saturated heterocycles. The molecule has 114 valence electrons. The summed E-state index contributed by atoms with van der Waals surface area (Å²) < 4.78 is 5.25. The predicted molar refractivity (Wildman–Crippen MR) is 82.4 cm³/mol. The summed E-state index contributed by atoms with van der Waals surface area (Å²) in [6.07, 6.45) is 0. The second-order valence-corrected chi connectivity index (χ2v) is 5.59. The Morgan fingerprint density at radius 2 is 1.91 bits per heavy atom. The van der Waals surface area contributed by atoms with Gasteiger partial charge >= 0.3 is 0 Å². The lowest BCUT2D eigenvalue weighted by Gasteiger charge is -2.15. The third-order valence-electron chi connectivity index (χ3n) is 3.53. The number of nitrogens with one attached hydrogen (secondary N) is 1. The lowest BCUT2D eigenvalue weighted by atomic mass is 10.0. The fourth-order valence-electron chi connectivity index (χ4n) is 2.26. The molecule has 5 heteroatoms. The van der Waals surface area contributed by atoms with Gasteiger partial charge in [-0.2, -0.15) is 5.26 Å². The molecule has 0 aliphatic heterocycles. The standard InChI is InChI=1S/C17H19N3O2/c1-10(2)16-15(12(4)20-22-16)17(21)19-11(3)14-7-5-13(9-18)6-8-14/h5-8,10-11H,1-4H3,(H,19,21). The highest BCUT2D eigenvalue weighted by molar-refractivity contribution is 5.96. The molecule has 22 heavy (non-hydrogen) atoms. The zero-order valence-electron chi connectivity index (χ0n) is 13.2. The summed E-state index contributed by atoms with van der Waals surface area (Å²) in [4.78, 5) is 12.5. The number of nitrogens with zero attached hydrogens (tertiary/aromatic N) is 2. The van der Waals surface area contributed by atoms with Crippen LogP contribution in [0, 0.1) is 18.3 Å². The summed E-state index contributed by atoms with van der Waals surface area (Å²) in [5, 5.41) is 15.7. The van der Waals surface area contributed by atoms with Crippen molar-refractivity contribution in [2.75, 3.05) is 0 Å². The molecule has 1 atom stereocenters. The van der Waals surface area contributed by atoms with Crippen LogP contribution < -0.4 is 5.32 Å². The van der Waals surface area contributed by atoms with Crippen LogP contribution in [-0.2, 0) is 0 Å². The van der Waals surface area contributed by atoms with Crippen molar-refractivity contribution in [3.63, 3.8) is 0 Å². The van der Waals surface area contributed by atoms with Crippen molar-refractivity contribution in [1.82, 2.24) is 10.5 Å². The van der Waals surface area contributed by atoms with Crippen LogP contribution in [-0.4, -0.2) is 11.1 Å². The van der Waals surface area contributed by atoms with E-state index in [-0.39, 0.29) is 17.9 Å². The van der Waals surface area contributed by atoms with Gasteiger partial charge in [-0.3, -0.25) is 4.79 Å². The lowest BCUT2D eigenvalue weighted by Crippen LogP contribution is -2.27. The molecule has 5 nitrogen and oxygen atoms in total. The van der Waals surface area contributed by atoms with Gasteiger partial charge < -0.3 is 9.84 Å². The molecule has 2 rings (SSSR count). The number of benzene rings is 1. The Hall–Kier alpha value is -2.61. The summed E-state index contributed by atoms with van der Waals surface area (Å²) in [6, 6.07) is 9.06. The number of hydrogen-bond acceptors (Lipinski definition) is 4. The van der Waals surface area contributed by atoms with E-state index in [0.717, 1.165) is 5.56 Å². The number of aryl methyl sites for hydroxylation is 1. The Bertz CT molecular complexity index is 708. The number of rotatable bonds is 4. The van der Waals surface area contributed by atoms with E-state index in [1.807, 2.05) is 32.9 Å². The van der Waals surface area contributed by atoms with E-state index >= 15 is 0 Å². The third kappa shape index (κ3) is 3.17. The fourth-order valence-corrected chi connectivity index (χ4v) is 2.26. The first-order valence-electron chi connectivity index (χ1n) is 7.21. The second-order valence-electron chi connectivity index (χ2n) is 5.59. The number of nitriles is 1. The normalized spacial score (nSPS) is 12.0. The van der Waals surface area contributed by atoms with Crippen molar-refractivity contribution in [1.29, 1.82) is 5.26 Å². The average molecular weight is 297 g/mol. The minimum absolute atomic E-state index is 0.0900. The Balaban J connectivity index is 2.18. The van der Waals surface area contributed by atoms with Crippen LogP contribution in [0.2, 0.25) is 0 Å². The van der Waals surface area contributed by atoms with E-state index in [1.54, 1.807) is 19.1 Å². The Morgan fingerprint density at radius 1 is 1.27 bits per heavy atom. The first-order valence-corrected chi connectivity index (χ1v) is 7.21.